The van der Waals surface area contributed by atoms with E-state index in [1.54, 1.807) is 5.57 Å². The van der Waals surface area contributed by atoms with Crippen molar-refractivity contribution in [3.8, 4) is 0 Å². The van der Waals surface area contributed by atoms with Gasteiger partial charge in [-0.3, -0.25) is 0 Å². The maximum absolute atomic E-state index is 2.47. The number of allylic oxidation sites excluding steroid dienone is 4. The molecule has 0 aromatic rings. The van der Waals surface area contributed by atoms with Crippen molar-refractivity contribution in [2.24, 2.45) is 17.8 Å². The maximum Gasteiger partial charge on any atom is -0.0169 e. The van der Waals surface area contributed by atoms with Crippen molar-refractivity contribution in [3.05, 3.63) is 23.8 Å². The van der Waals surface area contributed by atoms with Gasteiger partial charge in [0.2, 0.25) is 0 Å². The van der Waals surface area contributed by atoms with Gasteiger partial charge < -0.3 is 0 Å². The zero-order chi connectivity index (χ0) is 12.1. The van der Waals surface area contributed by atoms with E-state index in [1.165, 1.54) is 51.4 Å². The summed E-state index contributed by atoms with van der Waals surface area (Å²) in [5.74, 6) is 2.76. The highest BCUT2D eigenvalue weighted by Gasteiger charge is 2.35. The molecule has 0 amide bonds. The van der Waals surface area contributed by atoms with Gasteiger partial charge in [0, 0.05) is 0 Å². The first-order valence-electron chi connectivity index (χ1n) is 7.73. The van der Waals surface area contributed by atoms with Crippen molar-refractivity contribution in [2.75, 3.05) is 0 Å². The quantitative estimate of drug-likeness (QED) is 0.589. The molecule has 0 radical (unpaired) electrons. The van der Waals surface area contributed by atoms with Gasteiger partial charge >= 0.3 is 0 Å². The lowest BCUT2D eigenvalue weighted by Gasteiger charge is -2.20. The lowest BCUT2D eigenvalue weighted by Crippen LogP contribution is -2.09. The third-order valence-corrected chi connectivity index (χ3v) is 4.88. The minimum Gasteiger partial charge on any atom is -0.0845 e. The van der Waals surface area contributed by atoms with E-state index in [9.17, 15) is 0 Å². The predicted molar refractivity (Wildman–Crippen MR) is 76.0 cm³/mol. The number of hydrogen-bond acceptors (Lipinski definition) is 0. The summed E-state index contributed by atoms with van der Waals surface area (Å²) in [6.07, 6.45) is 18.4. The molecule has 2 aliphatic carbocycles. The number of fused-ring (bicyclic) bond motifs is 1. The Morgan fingerprint density at radius 2 is 2.00 bits per heavy atom. The molecule has 3 atom stereocenters. The highest BCUT2D eigenvalue weighted by molar-refractivity contribution is 5.23. The van der Waals surface area contributed by atoms with Gasteiger partial charge in [-0.05, 0) is 49.9 Å². The zero-order valence-electron chi connectivity index (χ0n) is 11.6. The Kier molecular flexibility index (Phi) is 4.88. The van der Waals surface area contributed by atoms with Crippen LogP contribution in [0, 0.1) is 17.8 Å². The normalized spacial score (nSPS) is 39.2. The molecule has 2 aliphatic rings. The van der Waals surface area contributed by atoms with E-state index < -0.39 is 0 Å². The van der Waals surface area contributed by atoms with E-state index in [4.69, 9.17) is 0 Å². The molecule has 0 heteroatoms. The molecule has 0 nitrogen and oxygen atoms in total. The Morgan fingerprint density at radius 3 is 2.76 bits per heavy atom. The minimum atomic E-state index is 0.883. The summed E-state index contributed by atoms with van der Waals surface area (Å²) >= 11 is 0. The van der Waals surface area contributed by atoms with Crippen LogP contribution < -0.4 is 0 Å². The molecule has 1 saturated carbocycles. The van der Waals surface area contributed by atoms with Gasteiger partial charge in [-0.15, -0.1) is 0 Å². The van der Waals surface area contributed by atoms with Crippen molar-refractivity contribution in [1.29, 1.82) is 0 Å². The van der Waals surface area contributed by atoms with Gasteiger partial charge in [-0.25, -0.2) is 0 Å². The monoisotopic (exact) mass is 232 g/mol. The van der Waals surface area contributed by atoms with Crippen LogP contribution in [0.5, 0.6) is 0 Å². The molecule has 17 heavy (non-hydrogen) atoms. The van der Waals surface area contributed by atoms with Crippen LogP contribution in [0.25, 0.3) is 0 Å². The fourth-order valence-corrected chi connectivity index (χ4v) is 3.83. The first kappa shape index (κ1) is 12.9. The fraction of sp³-hybridized carbons (Fsp3) is 0.765. The van der Waals surface area contributed by atoms with Crippen LogP contribution in [-0.4, -0.2) is 0 Å². The van der Waals surface area contributed by atoms with Gasteiger partial charge in [0.05, 0.1) is 0 Å². The number of rotatable bonds is 2. The van der Waals surface area contributed by atoms with Crippen molar-refractivity contribution in [1.82, 2.24) is 0 Å². The van der Waals surface area contributed by atoms with Crippen LogP contribution >= 0.6 is 0 Å². The Balaban J connectivity index is 2.19. The van der Waals surface area contributed by atoms with Gasteiger partial charge in [0.15, 0.2) is 0 Å². The second kappa shape index (κ2) is 6.42. The van der Waals surface area contributed by atoms with E-state index in [2.05, 4.69) is 32.1 Å². The molecule has 1 fully saturated rings. The summed E-state index contributed by atoms with van der Waals surface area (Å²) in [4.78, 5) is 0. The molecule has 0 saturated heterocycles. The summed E-state index contributed by atoms with van der Waals surface area (Å²) in [5, 5.41) is 0. The maximum atomic E-state index is 2.47. The molecule has 0 bridgehead atoms. The van der Waals surface area contributed by atoms with Gasteiger partial charge in [0.25, 0.3) is 0 Å². The average Bonchev–Trinajstić information content (AvgIpc) is 2.71. The Labute approximate surface area is 107 Å². The molecule has 0 aromatic heterocycles. The van der Waals surface area contributed by atoms with Gasteiger partial charge in [-0.2, -0.15) is 0 Å². The molecule has 3 unspecified atom stereocenters. The zero-order valence-corrected chi connectivity index (χ0v) is 11.6. The highest BCUT2D eigenvalue weighted by atomic mass is 14.4. The third kappa shape index (κ3) is 3.03. The van der Waals surface area contributed by atoms with Gasteiger partial charge in [-0.1, -0.05) is 56.9 Å². The van der Waals surface area contributed by atoms with E-state index in [-0.39, 0.29) is 0 Å². The molecule has 0 aromatic carbocycles. The van der Waals surface area contributed by atoms with Crippen LogP contribution in [0.1, 0.15) is 65.2 Å². The second-order valence-electron chi connectivity index (χ2n) is 5.85. The molecular formula is C17H28. The van der Waals surface area contributed by atoms with Crippen molar-refractivity contribution in [2.45, 2.75) is 65.2 Å². The third-order valence-electron chi connectivity index (χ3n) is 4.88. The molecule has 0 heterocycles. The molecule has 0 N–H and O–H groups in total. The van der Waals surface area contributed by atoms with Crippen LogP contribution in [0.4, 0.5) is 0 Å². The van der Waals surface area contributed by atoms with E-state index in [1.807, 2.05) is 0 Å². The van der Waals surface area contributed by atoms with Crippen LogP contribution in [-0.2, 0) is 0 Å². The smallest absolute Gasteiger partial charge is 0.0169 e. The SMILES string of the molecule is CCC1CC(CC)C2CCCCC/C=C/C=C/12. The largest absolute Gasteiger partial charge is 0.0845 e. The Hall–Kier alpha value is -0.520. The van der Waals surface area contributed by atoms with Crippen molar-refractivity contribution < 1.29 is 0 Å². The first-order chi connectivity index (χ1) is 8.36. The topological polar surface area (TPSA) is 0 Å². The molecule has 2 rings (SSSR count). The summed E-state index contributed by atoms with van der Waals surface area (Å²) in [6, 6.07) is 0. The predicted octanol–water partition coefficient (Wildman–Crippen LogP) is 5.51. The van der Waals surface area contributed by atoms with Crippen LogP contribution in [0.3, 0.4) is 0 Å². The Bertz CT molecular complexity index is 284. The lowest BCUT2D eigenvalue weighted by molar-refractivity contribution is 0.368. The van der Waals surface area contributed by atoms with Crippen LogP contribution in [0.2, 0.25) is 0 Å². The average molecular weight is 232 g/mol. The standard InChI is InChI=1S/C17H28/c1-3-14-13-15(4-2)17-12-10-8-6-5-7-9-11-16(14)17/h7,9,11,14-15,17H,3-6,8,10,12-13H2,1-2H3/b9-7+,16-11-. The summed E-state index contributed by atoms with van der Waals surface area (Å²) in [5.41, 5.74) is 1.79. The summed E-state index contributed by atoms with van der Waals surface area (Å²) in [6.45, 7) is 4.75. The van der Waals surface area contributed by atoms with E-state index in [0.717, 1.165) is 17.8 Å². The number of hydrogen-bond donors (Lipinski definition) is 0. The Morgan fingerprint density at radius 1 is 1.12 bits per heavy atom. The highest BCUT2D eigenvalue weighted by Crippen LogP contribution is 2.46. The van der Waals surface area contributed by atoms with E-state index in [0.29, 0.717) is 0 Å². The summed E-state index contributed by atoms with van der Waals surface area (Å²) < 4.78 is 0. The second-order valence-corrected chi connectivity index (χ2v) is 5.85. The van der Waals surface area contributed by atoms with Crippen molar-refractivity contribution in [3.63, 3.8) is 0 Å². The van der Waals surface area contributed by atoms with Gasteiger partial charge in [0.1, 0.15) is 0 Å². The minimum absolute atomic E-state index is 0.883. The summed E-state index contributed by atoms with van der Waals surface area (Å²) in [7, 11) is 0. The molecule has 0 aliphatic heterocycles. The lowest BCUT2D eigenvalue weighted by atomic mass is 9.85. The first-order valence-corrected chi connectivity index (χ1v) is 7.73. The molecular weight excluding hydrogens is 204 g/mol. The van der Waals surface area contributed by atoms with E-state index >= 15 is 0 Å². The van der Waals surface area contributed by atoms with Crippen molar-refractivity contribution >= 4 is 0 Å². The molecule has 96 valence electrons. The van der Waals surface area contributed by atoms with Crippen LogP contribution in [0.15, 0.2) is 23.8 Å². The molecule has 0 spiro atoms. The fourth-order valence-electron chi connectivity index (χ4n) is 3.83.